The van der Waals surface area contributed by atoms with Gasteiger partial charge in [-0.3, -0.25) is 4.90 Å². The van der Waals surface area contributed by atoms with E-state index in [2.05, 4.69) is 4.98 Å². The summed E-state index contributed by atoms with van der Waals surface area (Å²) in [6.07, 6.45) is -5.49. The van der Waals surface area contributed by atoms with Gasteiger partial charge in [-0.2, -0.15) is 34.8 Å². The van der Waals surface area contributed by atoms with Crippen LogP contribution in [0.2, 0.25) is 0 Å². The third-order valence-corrected chi connectivity index (χ3v) is 7.96. The van der Waals surface area contributed by atoms with Crippen LogP contribution in [0, 0.1) is 0 Å². The number of nitrogens with zero attached hydrogens (tertiary/aromatic N) is 3. The number of amides is 1. The summed E-state index contributed by atoms with van der Waals surface area (Å²) in [5.74, 6) is 0.354. The molecule has 0 unspecified atom stereocenters. The molecule has 0 radical (unpaired) electrons. The lowest BCUT2D eigenvalue weighted by molar-refractivity contribution is -0.143. The maximum Gasteiger partial charge on any atom is 0.416 e. The summed E-state index contributed by atoms with van der Waals surface area (Å²) in [6.45, 7) is 3.71. The Morgan fingerprint density at radius 2 is 1.62 bits per heavy atom. The summed E-state index contributed by atoms with van der Waals surface area (Å²) in [5, 5.41) is 0. The second-order valence-electron chi connectivity index (χ2n) is 10.5. The van der Waals surface area contributed by atoms with E-state index in [1.807, 2.05) is 11.8 Å². The molecule has 42 heavy (non-hydrogen) atoms. The van der Waals surface area contributed by atoms with E-state index in [4.69, 9.17) is 8.92 Å². The molecule has 1 amide bonds. The first-order valence-electron chi connectivity index (χ1n) is 13.4. The van der Waals surface area contributed by atoms with Gasteiger partial charge in [0.25, 0.3) is 0 Å². The summed E-state index contributed by atoms with van der Waals surface area (Å²) in [7, 11) is -3.92. The van der Waals surface area contributed by atoms with E-state index < -0.39 is 57.4 Å². The fourth-order valence-corrected chi connectivity index (χ4v) is 5.98. The number of carbonyl (C=O) groups excluding carboxylic acids is 1. The summed E-state index contributed by atoms with van der Waals surface area (Å²) < 4.78 is 115. The first-order chi connectivity index (χ1) is 19.5. The van der Waals surface area contributed by atoms with E-state index in [1.54, 1.807) is 0 Å². The van der Waals surface area contributed by atoms with Crippen LogP contribution >= 0.6 is 0 Å². The van der Waals surface area contributed by atoms with Crippen molar-refractivity contribution in [1.29, 1.82) is 0 Å². The number of hydrogen-bond donors (Lipinski definition) is 0. The molecule has 232 valence electrons. The number of alkyl halides is 6. The lowest BCUT2D eigenvalue weighted by Crippen LogP contribution is -2.39. The highest BCUT2D eigenvalue weighted by Gasteiger charge is 2.43. The Morgan fingerprint density at radius 1 is 1.02 bits per heavy atom. The maximum atomic E-state index is 13.5. The Kier molecular flexibility index (Phi) is 8.91. The zero-order valence-corrected chi connectivity index (χ0v) is 23.9. The molecule has 1 aliphatic heterocycles. The first-order valence-corrected chi connectivity index (χ1v) is 15.2. The highest BCUT2D eigenvalue weighted by atomic mass is 32.2. The molecule has 2 aliphatic rings. The molecular weight excluding hydrogens is 592 g/mol. The van der Waals surface area contributed by atoms with Crippen LogP contribution in [0.15, 0.2) is 30.5 Å². The van der Waals surface area contributed by atoms with Crippen LogP contribution in [0.25, 0.3) is 0 Å². The minimum Gasteiger partial charge on any atom is -0.439 e. The van der Waals surface area contributed by atoms with Crippen LogP contribution in [0.4, 0.5) is 37.0 Å². The number of cyclic esters (lactones) is 1. The van der Waals surface area contributed by atoms with Gasteiger partial charge in [0.2, 0.25) is 0 Å². The topological polar surface area (TPSA) is 89.0 Å². The predicted octanol–water partition coefficient (Wildman–Crippen LogP) is 6.70. The molecule has 4 rings (SSSR count). The number of rotatable bonds is 8. The molecule has 2 heterocycles. The molecule has 0 N–H and O–H groups in total. The molecule has 8 nitrogen and oxygen atoms in total. The van der Waals surface area contributed by atoms with E-state index in [9.17, 15) is 39.6 Å². The molecule has 1 aromatic carbocycles. The third-order valence-electron chi connectivity index (χ3n) is 7.46. The minimum absolute atomic E-state index is 0.0124. The molecular formula is C27H31F6N3O5S. The quantitative estimate of drug-likeness (QED) is 0.239. The predicted molar refractivity (Wildman–Crippen MR) is 140 cm³/mol. The van der Waals surface area contributed by atoms with Gasteiger partial charge < -0.3 is 13.8 Å². The highest BCUT2D eigenvalue weighted by molar-refractivity contribution is 7.86. The standard InChI is InChI=1S/C27H31F6N3O5S/c1-4-35(21-8-6-5-7-9-21)24-18(12-22(14-34-24)41-42(3,38)39)15-36-16(2)23(40-25(36)37)17-10-19(26(28,29)30)13-20(11-17)27(31,32)33/h10-14,16,21,23H,4-9,15H2,1-3H3/t16-,23-/m0/s1. The van der Waals surface area contributed by atoms with Crippen molar-refractivity contribution in [2.75, 3.05) is 17.7 Å². The second kappa shape index (κ2) is 11.8. The lowest BCUT2D eigenvalue weighted by atomic mass is 9.94. The lowest BCUT2D eigenvalue weighted by Gasteiger charge is -2.36. The molecule has 2 aromatic rings. The molecule has 2 atom stereocenters. The fraction of sp³-hybridized carbons (Fsp3) is 0.556. The number of aromatic nitrogens is 1. The summed E-state index contributed by atoms with van der Waals surface area (Å²) >= 11 is 0. The molecule has 1 saturated heterocycles. The second-order valence-corrected chi connectivity index (χ2v) is 12.1. The number of carbonyl (C=O) groups is 1. The van der Waals surface area contributed by atoms with Crippen molar-refractivity contribution in [2.45, 2.75) is 83.0 Å². The first kappa shape index (κ1) is 31.7. The van der Waals surface area contributed by atoms with Crippen LogP contribution in [0.3, 0.4) is 0 Å². The number of ether oxygens (including phenoxy) is 1. The SMILES string of the molecule is CCN(c1ncc(OS(C)(=O)=O)cc1CN1C(=O)O[C@H](c2cc(C(F)(F)F)cc(C(F)(F)F)c2)[C@@H]1C)C1CCCCC1. The minimum atomic E-state index is -5.06. The third kappa shape index (κ3) is 7.21. The number of hydrogen-bond acceptors (Lipinski definition) is 7. The van der Waals surface area contributed by atoms with E-state index in [-0.39, 0.29) is 24.4 Å². The summed E-state index contributed by atoms with van der Waals surface area (Å²) in [6, 6.07) is 1.66. The maximum absolute atomic E-state index is 13.5. The molecule has 0 spiro atoms. The smallest absolute Gasteiger partial charge is 0.416 e. The number of pyridine rings is 1. The van der Waals surface area contributed by atoms with Crippen LogP contribution < -0.4 is 9.08 Å². The zero-order valence-electron chi connectivity index (χ0n) is 23.1. The van der Waals surface area contributed by atoms with Gasteiger partial charge in [0.15, 0.2) is 5.75 Å². The van der Waals surface area contributed by atoms with E-state index in [0.29, 0.717) is 30.1 Å². The molecule has 15 heteroatoms. The van der Waals surface area contributed by atoms with Crippen molar-refractivity contribution in [3.05, 3.63) is 52.7 Å². The average Bonchev–Trinajstić information content (AvgIpc) is 3.17. The van der Waals surface area contributed by atoms with Gasteiger partial charge in [-0.15, -0.1) is 0 Å². The van der Waals surface area contributed by atoms with Gasteiger partial charge in [0.05, 0.1) is 36.2 Å². The van der Waals surface area contributed by atoms with Gasteiger partial charge in [-0.1, -0.05) is 19.3 Å². The summed E-state index contributed by atoms with van der Waals surface area (Å²) in [5.41, 5.74) is -3.10. The van der Waals surface area contributed by atoms with Crippen molar-refractivity contribution in [2.24, 2.45) is 0 Å². The number of halogens is 6. The van der Waals surface area contributed by atoms with Crippen LogP contribution in [0.1, 0.15) is 74.3 Å². The Balaban J connectivity index is 1.71. The van der Waals surface area contributed by atoms with E-state index >= 15 is 0 Å². The Morgan fingerprint density at radius 3 is 2.14 bits per heavy atom. The molecule has 1 aliphatic carbocycles. The largest absolute Gasteiger partial charge is 0.439 e. The molecule has 0 bridgehead atoms. The van der Waals surface area contributed by atoms with E-state index in [1.165, 1.54) is 19.2 Å². The van der Waals surface area contributed by atoms with Crippen molar-refractivity contribution in [1.82, 2.24) is 9.88 Å². The van der Waals surface area contributed by atoms with Gasteiger partial charge in [0.1, 0.15) is 11.9 Å². The van der Waals surface area contributed by atoms with Crippen LogP contribution in [-0.4, -0.2) is 49.3 Å². The Bertz CT molecular complexity index is 1380. The Labute approximate surface area is 239 Å². The normalized spacial score (nSPS) is 20.5. The van der Waals surface area contributed by atoms with Crippen LogP contribution in [-0.2, 0) is 33.8 Å². The van der Waals surface area contributed by atoms with Crippen molar-refractivity contribution < 1.29 is 48.5 Å². The van der Waals surface area contributed by atoms with Gasteiger partial charge in [-0.05, 0) is 56.5 Å². The monoisotopic (exact) mass is 623 g/mol. The highest BCUT2D eigenvalue weighted by Crippen LogP contribution is 2.41. The van der Waals surface area contributed by atoms with Crippen LogP contribution in [0.5, 0.6) is 5.75 Å². The Hall–Kier alpha value is -3.23. The average molecular weight is 624 g/mol. The zero-order chi connectivity index (χ0) is 31.0. The van der Waals surface area contributed by atoms with Crippen molar-refractivity contribution in [3.63, 3.8) is 0 Å². The number of anilines is 1. The molecule has 1 aromatic heterocycles. The van der Waals surface area contributed by atoms with Gasteiger partial charge >= 0.3 is 28.6 Å². The summed E-state index contributed by atoms with van der Waals surface area (Å²) in [4.78, 5) is 20.7. The number of benzene rings is 1. The fourth-order valence-electron chi connectivity index (χ4n) is 5.54. The molecule has 1 saturated carbocycles. The van der Waals surface area contributed by atoms with Crippen molar-refractivity contribution >= 4 is 22.0 Å². The van der Waals surface area contributed by atoms with E-state index in [0.717, 1.165) is 43.3 Å². The van der Waals surface area contributed by atoms with Gasteiger partial charge in [0, 0.05) is 18.2 Å². The van der Waals surface area contributed by atoms with Crippen molar-refractivity contribution in [3.8, 4) is 5.75 Å². The van der Waals surface area contributed by atoms with Gasteiger partial charge in [-0.25, -0.2) is 9.78 Å². The molecule has 2 fully saturated rings.